The average Bonchev–Trinajstić information content (AvgIpc) is 2.28. The molecule has 7 heteroatoms. The van der Waals surface area contributed by atoms with Crippen molar-refractivity contribution in [1.29, 1.82) is 0 Å². The zero-order chi connectivity index (χ0) is 17.6. The number of carbonyl (C=O) groups is 2. The number of alkyl halides is 1. The molecule has 0 heterocycles. The summed E-state index contributed by atoms with van der Waals surface area (Å²) in [6.07, 6.45) is 0.0106. The van der Waals surface area contributed by atoms with E-state index in [2.05, 4.69) is 10.6 Å². The molecule has 1 atom stereocenters. The van der Waals surface area contributed by atoms with Crippen molar-refractivity contribution in [2.24, 2.45) is 0 Å². The molecule has 22 heavy (non-hydrogen) atoms. The van der Waals surface area contributed by atoms with Crippen LogP contribution in [0.2, 0.25) is 0 Å². The molecule has 0 radical (unpaired) electrons. The van der Waals surface area contributed by atoms with Gasteiger partial charge in [0.05, 0.1) is 0 Å². The van der Waals surface area contributed by atoms with Crippen LogP contribution in [0.4, 0.5) is 14.0 Å². The maximum Gasteiger partial charge on any atom is 0.411 e. The number of carbonyl (C=O) groups excluding carboxylic acids is 2. The predicted molar refractivity (Wildman–Crippen MR) is 82.3 cm³/mol. The summed E-state index contributed by atoms with van der Waals surface area (Å²) in [5, 5.41) is 4.80. The molecule has 6 nitrogen and oxygen atoms in total. The summed E-state index contributed by atoms with van der Waals surface area (Å²) < 4.78 is 23.3. The van der Waals surface area contributed by atoms with Gasteiger partial charge in [-0.1, -0.05) is 6.08 Å². The van der Waals surface area contributed by atoms with Crippen molar-refractivity contribution >= 4 is 12.2 Å². The van der Waals surface area contributed by atoms with Gasteiger partial charge in [-0.2, -0.15) is 0 Å². The fraction of sp³-hybridized carbons (Fsp3) is 0.733. The second kappa shape index (κ2) is 8.00. The summed E-state index contributed by atoms with van der Waals surface area (Å²) in [4.78, 5) is 23.4. The van der Waals surface area contributed by atoms with Crippen LogP contribution in [0, 0.1) is 0 Å². The first-order valence-corrected chi connectivity index (χ1v) is 7.09. The van der Waals surface area contributed by atoms with Gasteiger partial charge >= 0.3 is 12.2 Å². The highest BCUT2D eigenvalue weighted by atomic mass is 19.1. The van der Waals surface area contributed by atoms with Gasteiger partial charge in [-0.3, -0.25) is 5.32 Å². The van der Waals surface area contributed by atoms with E-state index in [4.69, 9.17) is 9.47 Å². The first kappa shape index (κ1) is 20.2. The number of alkyl carbamates (subject to hydrolysis) is 2. The monoisotopic (exact) mass is 318 g/mol. The van der Waals surface area contributed by atoms with Gasteiger partial charge in [0.1, 0.15) is 23.9 Å². The van der Waals surface area contributed by atoms with Gasteiger partial charge in [0.15, 0.2) is 0 Å². The van der Waals surface area contributed by atoms with E-state index in [1.807, 2.05) is 0 Å². The van der Waals surface area contributed by atoms with E-state index in [-0.39, 0.29) is 5.70 Å². The maximum absolute atomic E-state index is 13.2. The first-order chi connectivity index (χ1) is 9.88. The molecule has 0 rings (SSSR count). The normalized spacial score (nSPS) is 14.1. The highest BCUT2D eigenvalue weighted by Crippen LogP contribution is 2.10. The van der Waals surface area contributed by atoms with E-state index < -0.39 is 36.1 Å². The summed E-state index contributed by atoms with van der Waals surface area (Å²) in [6, 6.07) is -1.02. The third kappa shape index (κ3) is 9.20. The van der Waals surface area contributed by atoms with Crippen LogP contribution in [-0.4, -0.2) is 36.1 Å². The minimum absolute atomic E-state index is 0.197. The molecule has 1 unspecified atom stereocenters. The number of halogens is 1. The van der Waals surface area contributed by atoms with E-state index in [9.17, 15) is 14.0 Å². The number of hydrogen-bond acceptors (Lipinski definition) is 4. The minimum Gasteiger partial charge on any atom is -0.444 e. The summed E-state index contributed by atoms with van der Waals surface area (Å²) in [6.45, 7) is 11.0. The molecule has 0 saturated heterocycles. The molecule has 0 spiro atoms. The number of hydrogen-bond donors (Lipinski definition) is 2. The molecule has 2 N–H and O–H groups in total. The lowest BCUT2D eigenvalue weighted by molar-refractivity contribution is 0.0477. The Morgan fingerprint density at radius 1 is 1.05 bits per heavy atom. The van der Waals surface area contributed by atoms with Gasteiger partial charge in [-0.25, -0.2) is 14.0 Å². The Labute approximate surface area is 131 Å². The zero-order valence-electron chi connectivity index (χ0n) is 14.4. The van der Waals surface area contributed by atoms with Crippen molar-refractivity contribution in [1.82, 2.24) is 10.6 Å². The average molecular weight is 318 g/mol. The molecular weight excluding hydrogens is 291 g/mol. The van der Waals surface area contributed by atoms with Gasteiger partial charge in [0.25, 0.3) is 0 Å². The Bertz CT molecular complexity index is 422. The largest absolute Gasteiger partial charge is 0.444 e. The fourth-order valence-electron chi connectivity index (χ4n) is 1.43. The number of amides is 2. The highest BCUT2D eigenvalue weighted by molar-refractivity contribution is 5.72. The van der Waals surface area contributed by atoms with E-state index in [1.165, 1.54) is 6.08 Å². The lowest BCUT2D eigenvalue weighted by Crippen LogP contribution is -2.46. The second-order valence-electron chi connectivity index (χ2n) is 6.72. The number of rotatable bonds is 4. The lowest BCUT2D eigenvalue weighted by atomic mass is 10.2. The summed E-state index contributed by atoms with van der Waals surface area (Å²) >= 11 is 0. The molecule has 0 aliphatic rings. The van der Waals surface area contributed by atoms with Crippen molar-refractivity contribution in [2.45, 2.75) is 65.7 Å². The van der Waals surface area contributed by atoms with Crippen LogP contribution in [-0.2, 0) is 9.47 Å². The molecule has 0 aromatic heterocycles. The number of allylic oxidation sites excluding steroid dienone is 1. The molecule has 0 saturated carbocycles. The SMILES string of the molecule is C/C=C(/NC(=O)OC(C)(C)C)C(CF)NC(=O)OC(C)(C)C. The summed E-state index contributed by atoms with van der Waals surface area (Å²) in [5.74, 6) is 0. The van der Waals surface area contributed by atoms with Crippen molar-refractivity contribution in [3.8, 4) is 0 Å². The maximum atomic E-state index is 13.2. The Morgan fingerprint density at radius 3 is 1.86 bits per heavy atom. The summed E-state index contributed by atoms with van der Waals surface area (Å²) in [7, 11) is 0. The van der Waals surface area contributed by atoms with Crippen LogP contribution in [0.1, 0.15) is 48.5 Å². The van der Waals surface area contributed by atoms with Gasteiger partial charge < -0.3 is 14.8 Å². The molecule has 0 aliphatic heterocycles. The molecular formula is C15H27FN2O4. The van der Waals surface area contributed by atoms with Crippen molar-refractivity contribution in [2.75, 3.05) is 6.67 Å². The Balaban J connectivity index is 4.75. The van der Waals surface area contributed by atoms with E-state index >= 15 is 0 Å². The highest BCUT2D eigenvalue weighted by Gasteiger charge is 2.24. The molecule has 0 aliphatic carbocycles. The van der Waals surface area contributed by atoms with Gasteiger partial charge in [-0.05, 0) is 48.5 Å². The smallest absolute Gasteiger partial charge is 0.411 e. The van der Waals surface area contributed by atoms with Crippen LogP contribution in [0.5, 0.6) is 0 Å². The van der Waals surface area contributed by atoms with Crippen LogP contribution in [0.15, 0.2) is 11.8 Å². The quantitative estimate of drug-likeness (QED) is 0.834. The van der Waals surface area contributed by atoms with Crippen LogP contribution >= 0.6 is 0 Å². The molecule has 2 amide bonds. The van der Waals surface area contributed by atoms with Crippen LogP contribution < -0.4 is 10.6 Å². The fourth-order valence-corrected chi connectivity index (χ4v) is 1.43. The molecule has 0 fully saturated rings. The van der Waals surface area contributed by atoms with Crippen molar-refractivity contribution in [3.63, 3.8) is 0 Å². The van der Waals surface area contributed by atoms with Gasteiger partial charge in [-0.15, -0.1) is 0 Å². The van der Waals surface area contributed by atoms with Crippen molar-refractivity contribution < 1.29 is 23.5 Å². The standard InChI is InChI=1S/C15H27FN2O4/c1-8-10(17-12(19)21-14(2,3)4)11(9-16)18-13(20)22-15(5,6)7/h8,11H,9H2,1-7H3,(H,17,19)(H,18,20)/b10-8+. The lowest BCUT2D eigenvalue weighted by Gasteiger charge is -2.25. The third-order valence-electron chi connectivity index (χ3n) is 2.18. The molecule has 0 aromatic rings. The molecule has 0 bridgehead atoms. The topological polar surface area (TPSA) is 76.7 Å². The second-order valence-corrected chi connectivity index (χ2v) is 6.72. The first-order valence-electron chi connectivity index (χ1n) is 7.09. The minimum atomic E-state index is -1.02. The number of ether oxygens (including phenoxy) is 2. The Hall–Kier alpha value is -1.79. The Kier molecular flexibility index (Phi) is 7.35. The van der Waals surface area contributed by atoms with Crippen LogP contribution in [0.3, 0.4) is 0 Å². The van der Waals surface area contributed by atoms with Gasteiger partial charge in [0.2, 0.25) is 0 Å². The van der Waals surface area contributed by atoms with E-state index in [0.29, 0.717) is 0 Å². The summed E-state index contributed by atoms with van der Waals surface area (Å²) in [5.41, 5.74) is -1.17. The predicted octanol–water partition coefficient (Wildman–Crippen LogP) is 3.28. The van der Waals surface area contributed by atoms with E-state index in [0.717, 1.165) is 0 Å². The molecule has 128 valence electrons. The zero-order valence-corrected chi connectivity index (χ0v) is 14.4. The van der Waals surface area contributed by atoms with Crippen LogP contribution in [0.25, 0.3) is 0 Å². The number of nitrogens with one attached hydrogen (secondary N) is 2. The van der Waals surface area contributed by atoms with Crippen molar-refractivity contribution in [3.05, 3.63) is 11.8 Å². The van der Waals surface area contributed by atoms with Gasteiger partial charge in [0, 0.05) is 5.70 Å². The molecule has 0 aromatic carbocycles. The van der Waals surface area contributed by atoms with E-state index in [1.54, 1.807) is 48.5 Å². The Morgan fingerprint density at radius 2 is 1.50 bits per heavy atom. The third-order valence-corrected chi connectivity index (χ3v) is 2.18.